The van der Waals surface area contributed by atoms with E-state index in [0.717, 1.165) is 32.4 Å². The second-order valence-corrected chi connectivity index (χ2v) is 7.29. The van der Waals surface area contributed by atoms with Crippen LogP contribution in [0.4, 0.5) is 0 Å². The molecule has 2 aliphatic rings. The van der Waals surface area contributed by atoms with Crippen LogP contribution in [0.2, 0.25) is 0 Å². The molecule has 0 aromatic carbocycles. The van der Waals surface area contributed by atoms with Gasteiger partial charge in [-0.3, -0.25) is 14.5 Å². The lowest BCUT2D eigenvalue weighted by Gasteiger charge is -2.39. The van der Waals surface area contributed by atoms with Crippen LogP contribution in [0.3, 0.4) is 0 Å². The second-order valence-electron chi connectivity index (χ2n) is 7.29. The largest absolute Gasteiger partial charge is 0.480 e. The summed E-state index contributed by atoms with van der Waals surface area (Å²) in [6.07, 6.45) is 3.36. The van der Waals surface area contributed by atoms with Gasteiger partial charge in [0.1, 0.15) is 18.4 Å². The fraction of sp³-hybridized carbons (Fsp3) is 0.812. The third kappa shape index (κ3) is 3.65. The minimum atomic E-state index is -0.724. The molecule has 3 rings (SSSR count). The summed E-state index contributed by atoms with van der Waals surface area (Å²) >= 11 is 0. The third-order valence-corrected chi connectivity index (χ3v) is 5.57. The van der Waals surface area contributed by atoms with Gasteiger partial charge in [0.25, 0.3) is 0 Å². The average Bonchev–Trinajstić information content (AvgIpc) is 3.13. The van der Waals surface area contributed by atoms with Gasteiger partial charge in [-0.1, -0.05) is 6.92 Å². The number of aromatic nitrogens is 4. The topological polar surface area (TPSA) is 104 Å². The molecule has 1 N–H and O–H groups in total. The zero-order valence-electron chi connectivity index (χ0n) is 14.9. The highest BCUT2D eigenvalue weighted by Crippen LogP contribution is 2.43. The standard InChI is InChI=1S/C16H26N6O3/c1-3-6-21-11-16(9-13(21)15(24)25)4-7-20(8-5-16)14(23)10-22-12(2)17-18-19-22/h13H,3-11H2,1-2H3,(H,24,25). The molecule has 2 saturated heterocycles. The van der Waals surface area contributed by atoms with Crippen molar-refractivity contribution >= 4 is 11.9 Å². The molecule has 0 bridgehead atoms. The summed E-state index contributed by atoms with van der Waals surface area (Å²) in [6.45, 7) is 6.99. The Balaban J connectivity index is 1.59. The minimum Gasteiger partial charge on any atom is -0.480 e. The third-order valence-electron chi connectivity index (χ3n) is 5.57. The smallest absolute Gasteiger partial charge is 0.320 e. The Kier molecular flexibility index (Phi) is 5.03. The molecular weight excluding hydrogens is 324 g/mol. The Morgan fingerprint density at radius 2 is 2.04 bits per heavy atom. The van der Waals surface area contributed by atoms with Crippen LogP contribution in [-0.2, 0) is 16.1 Å². The monoisotopic (exact) mass is 350 g/mol. The summed E-state index contributed by atoms with van der Waals surface area (Å²) in [5.74, 6) is -0.0847. The molecule has 9 nitrogen and oxygen atoms in total. The highest BCUT2D eigenvalue weighted by Gasteiger charge is 2.48. The van der Waals surface area contributed by atoms with Gasteiger partial charge < -0.3 is 10.0 Å². The number of amides is 1. The number of aryl methyl sites for hydroxylation is 1. The van der Waals surface area contributed by atoms with E-state index >= 15 is 0 Å². The van der Waals surface area contributed by atoms with Crippen molar-refractivity contribution in [3.63, 3.8) is 0 Å². The summed E-state index contributed by atoms with van der Waals surface area (Å²) in [4.78, 5) is 28.0. The minimum absolute atomic E-state index is 0.0171. The van der Waals surface area contributed by atoms with Gasteiger partial charge >= 0.3 is 5.97 Å². The van der Waals surface area contributed by atoms with Crippen molar-refractivity contribution in [2.24, 2.45) is 5.41 Å². The predicted octanol–water partition coefficient (Wildman–Crippen LogP) is 0.159. The summed E-state index contributed by atoms with van der Waals surface area (Å²) in [5.41, 5.74) is 0.0275. The van der Waals surface area contributed by atoms with Gasteiger partial charge in [-0.2, -0.15) is 0 Å². The van der Waals surface area contributed by atoms with Crippen LogP contribution in [0.15, 0.2) is 0 Å². The normalized spacial score (nSPS) is 23.3. The molecule has 1 atom stereocenters. The first-order valence-corrected chi connectivity index (χ1v) is 8.91. The number of nitrogens with zero attached hydrogens (tertiary/aromatic N) is 6. The number of hydrogen-bond acceptors (Lipinski definition) is 6. The predicted molar refractivity (Wildman–Crippen MR) is 88.7 cm³/mol. The van der Waals surface area contributed by atoms with Gasteiger partial charge in [-0.05, 0) is 55.0 Å². The van der Waals surface area contributed by atoms with Crippen LogP contribution in [0.25, 0.3) is 0 Å². The maximum absolute atomic E-state index is 12.5. The van der Waals surface area contributed by atoms with Crippen molar-refractivity contribution in [1.29, 1.82) is 0 Å². The first kappa shape index (κ1) is 17.8. The SMILES string of the molecule is CCCN1CC2(CCN(C(=O)Cn3nnnc3C)CC2)CC1C(=O)O. The number of carboxylic acid groups (broad SMARTS) is 1. The molecule has 1 aromatic rings. The van der Waals surface area contributed by atoms with E-state index in [9.17, 15) is 14.7 Å². The van der Waals surface area contributed by atoms with Crippen LogP contribution in [-0.4, -0.2) is 79.2 Å². The molecule has 1 amide bonds. The zero-order valence-corrected chi connectivity index (χ0v) is 14.9. The maximum atomic E-state index is 12.5. The van der Waals surface area contributed by atoms with Crippen molar-refractivity contribution in [2.75, 3.05) is 26.2 Å². The molecule has 138 valence electrons. The molecule has 25 heavy (non-hydrogen) atoms. The van der Waals surface area contributed by atoms with E-state index in [4.69, 9.17) is 0 Å². The molecule has 1 unspecified atom stereocenters. The number of carbonyl (C=O) groups excluding carboxylic acids is 1. The van der Waals surface area contributed by atoms with Gasteiger partial charge in [0.2, 0.25) is 5.91 Å². The van der Waals surface area contributed by atoms with Crippen molar-refractivity contribution in [1.82, 2.24) is 30.0 Å². The second kappa shape index (κ2) is 7.07. The summed E-state index contributed by atoms with van der Waals surface area (Å²) in [7, 11) is 0. The summed E-state index contributed by atoms with van der Waals surface area (Å²) < 4.78 is 1.51. The van der Waals surface area contributed by atoms with Crippen molar-refractivity contribution in [2.45, 2.75) is 52.1 Å². The summed E-state index contributed by atoms with van der Waals surface area (Å²) in [5, 5.41) is 20.7. The van der Waals surface area contributed by atoms with Crippen LogP contribution < -0.4 is 0 Å². The van der Waals surface area contributed by atoms with Gasteiger partial charge in [0, 0.05) is 19.6 Å². The van der Waals surface area contributed by atoms with Gasteiger partial charge in [0.05, 0.1) is 0 Å². The van der Waals surface area contributed by atoms with E-state index in [1.54, 1.807) is 6.92 Å². The Labute approximate surface area is 147 Å². The first-order chi connectivity index (χ1) is 11.9. The quantitative estimate of drug-likeness (QED) is 0.806. The lowest BCUT2D eigenvalue weighted by molar-refractivity contribution is -0.142. The number of piperidine rings is 1. The lowest BCUT2D eigenvalue weighted by Crippen LogP contribution is -2.45. The Bertz CT molecular complexity index is 638. The number of carbonyl (C=O) groups is 2. The lowest BCUT2D eigenvalue weighted by atomic mass is 9.76. The molecule has 3 heterocycles. The number of carboxylic acids is 1. The number of aliphatic carboxylic acids is 1. The number of rotatable bonds is 5. The van der Waals surface area contributed by atoms with E-state index in [2.05, 4.69) is 27.3 Å². The zero-order chi connectivity index (χ0) is 18.0. The van der Waals surface area contributed by atoms with Crippen LogP contribution in [0, 0.1) is 12.3 Å². The number of hydrogen-bond donors (Lipinski definition) is 1. The van der Waals surface area contributed by atoms with Gasteiger partial charge in [0.15, 0.2) is 0 Å². The van der Waals surface area contributed by atoms with Crippen molar-refractivity contribution < 1.29 is 14.7 Å². The number of tetrazole rings is 1. The van der Waals surface area contributed by atoms with E-state index in [-0.39, 0.29) is 23.9 Å². The van der Waals surface area contributed by atoms with E-state index in [1.165, 1.54) is 4.68 Å². The molecule has 0 radical (unpaired) electrons. The van der Waals surface area contributed by atoms with Crippen LogP contribution in [0.1, 0.15) is 38.4 Å². The highest BCUT2D eigenvalue weighted by molar-refractivity contribution is 5.76. The fourth-order valence-corrected chi connectivity index (χ4v) is 4.13. The first-order valence-electron chi connectivity index (χ1n) is 8.91. The molecule has 0 aliphatic carbocycles. The molecule has 2 fully saturated rings. The molecule has 1 aromatic heterocycles. The summed E-state index contributed by atoms with van der Waals surface area (Å²) in [6, 6.07) is -0.383. The highest BCUT2D eigenvalue weighted by atomic mass is 16.4. The fourth-order valence-electron chi connectivity index (χ4n) is 4.13. The molecule has 9 heteroatoms. The van der Waals surface area contributed by atoms with Crippen LogP contribution >= 0.6 is 0 Å². The van der Waals surface area contributed by atoms with Gasteiger partial charge in [-0.15, -0.1) is 5.10 Å². The maximum Gasteiger partial charge on any atom is 0.320 e. The van der Waals surface area contributed by atoms with E-state index < -0.39 is 5.97 Å². The Morgan fingerprint density at radius 1 is 1.32 bits per heavy atom. The Hall–Kier alpha value is -2.03. The molecular formula is C16H26N6O3. The van der Waals surface area contributed by atoms with E-state index in [1.807, 2.05) is 4.90 Å². The molecule has 1 spiro atoms. The average molecular weight is 350 g/mol. The molecule has 2 aliphatic heterocycles. The van der Waals surface area contributed by atoms with Crippen molar-refractivity contribution in [3.8, 4) is 0 Å². The van der Waals surface area contributed by atoms with E-state index in [0.29, 0.717) is 25.3 Å². The molecule has 0 saturated carbocycles. The Morgan fingerprint density at radius 3 is 2.60 bits per heavy atom. The van der Waals surface area contributed by atoms with Crippen molar-refractivity contribution in [3.05, 3.63) is 5.82 Å². The van der Waals surface area contributed by atoms with Crippen LogP contribution in [0.5, 0.6) is 0 Å². The van der Waals surface area contributed by atoms with Gasteiger partial charge in [-0.25, -0.2) is 4.68 Å². The number of likely N-dealkylation sites (tertiary alicyclic amines) is 2.